The van der Waals surface area contributed by atoms with Crippen LogP contribution >= 0.6 is 11.6 Å². The number of hydrogen-bond donors (Lipinski definition) is 1. The largest absolute Gasteiger partial charge is 0.313 e. The van der Waals surface area contributed by atoms with Crippen molar-refractivity contribution in [3.05, 3.63) is 69.7 Å². The van der Waals surface area contributed by atoms with Crippen molar-refractivity contribution in [1.82, 2.24) is 5.32 Å². The summed E-state index contributed by atoms with van der Waals surface area (Å²) in [6.45, 7) is 0. The molecule has 20 heavy (non-hydrogen) atoms. The summed E-state index contributed by atoms with van der Waals surface area (Å²) >= 11 is 6.07. The van der Waals surface area contributed by atoms with Crippen LogP contribution in [-0.2, 0) is 19.3 Å². The average Bonchev–Trinajstić information content (AvgIpc) is 2.92. The van der Waals surface area contributed by atoms with E-state index >= 15 is 0 Å². The van der Waals surface area contributed by atoms with Crippen molar-refractivity contribution in [1.29, 1.82) is 0 Å². The third kappa shape index (κ3) is 2.89. The van der Waals surface area contributed by atoms with Crippen LogP contribution in [0.2, 0.25) is 5.02 Å². The lowest BCUT2D eigenvalue weighted by Gasteiger charge is -2.18. The van der Waals surface area contributed by atoms with Gasteiger partial charge in [0.2, 0.25) is 0 Å². The van der Waals surface area contributed by atoms with Crippen molar-refractivity contribution in [2.75, 3.05) is 7.05 Å². The molecule has 1 nitrogen and oxygen atoms in total. The number of likely N-dealkylation sites (N-methyl/N-ethyl adjacent to an activating group) is 1. The molecule has 0 heterocycles. The summed E-state index contributed by atoms with van der Waals surface area (Å²) in [5, 5.41) is 4.25. The molecule has 0 aromatic heterocycles. The third-order valence-corrected chi connectivity index (χ3v) is 4.44. The normalized spacial score (nSPS) is 15.1. The van der Waals surface area contributed by atoms with Crippen molar-refractivity contribution < 1.29 is 0 Å². The highest BCUT2D eigenvalue weighted by atomic mass is 35.5. The van der Waals surface area contributed by atoms with Crippen LogP contribution in [0.15, 0.2) is 42.5 Å². The molecule has 0 saturated carbocycles. The molecule has 3 rings (SSSR count). The Bertz CT molecular complexity index is 606. The molecule has 2 heteroatoms. The van der Waals surface area contributed by atoms with Crippen molar-refractivity contribution >= 4 is 11.6 Å². The fourth-order valence-corrected chi connectivity index (χ4v) is 3.31. The smallest absolute Gasteiger partial charge is 0.0408 e. The zero-order valence-corrected chi connectivity index (χ0v) is 12.6. The van der Waals surface area contributed by atoms with Gasteiger partial charge in [0.15, 0.2) is 0 Å². The van der Waals surface area contributed by atoms with Crippen LogP contribution < -0.4 is 5.32 Å². The molecule has 1 aliphatic carbocycles. The third-order valence-electron chi connectivity index (χ3n) is 4.20. The molecule has 104 valence electrons. The van der Waals surface area contributed by atoms with Crippen LogP contribution in [0.4, 0.5) is 0 Å². The van der Waals surface area contributed by atoms with Crippen molar-refractivity contribution in [2.45, 2.75) is 31.7 Å². The summed E-state index contributed by atoms with van der Waals surface area (Å²) in [6.07, 6.45) is 4.75. The second kappa shape index (κ2) is 5.99. The Kier molecular flexibility index (Phi) is 4.09. The number of nitrogens with one attached hydrogen (secondary N) is 1. The van der Waals surface area contributed by atoms with E-state index in [0.717, 1.165) is 11.4 Å². The maximum atomic E-state index is 6.07. The summed E-state index contributed by atoms with van der Waals surface area (Å²) in [5.41, 5.74) is 5.73. The van der Waals surface area contributed by atoms with E-state index in [9.17, 15) is 0 Å². The Balaban J connectivity index is 1.83. The second-order valence-electron chi connectivity index (χ2n) is 5.56. The van der Waals surface area contributed by atoms with Crippen LogP contribution in [0.1, 0.15) is 34.7 Å². The fraction of sp³-hybridized carbons (Fsp3) is 0.333. The topological polar surface area (TPSA) is 12.0 Å². The van der Waals surface area contributed by atoms with Gasteiger partial charge in [0.1, 0.15) is 0 Å². The van der Waals surface area contributed by atoms with Crippen molar-refractivity contribution in [3.8, 4) is 0 Å². The molecule has 0 spiro atoms. The van der Waals surface area contributed by atoms with Crippen LogP contribution in [0, 0.1) is 0 Å². The minimum absolute atomic E-state index is 0.347. The average molecular weight is 286 g/mol. The minimum Gasteiger partial charge on any atom is -0.313 e. The second-order valence-corrected chi connectivity index (χ2v) is 5.99. The molecule has 1 N–H and O–H groups in total. The van der Waals surface area contributed by atoms with Gasteiger partial charge >= 0.3 is 0 Å². The highest BCUT2D eigenvalue weighted by Gasteiger charge is 2.15. The Morgan fingerprint density at radius 2 is 1.95 bits per heavy atom. The van der Waals surface area contributed by atoms with Gasteiger partial charge in [0.05, 0.1) is 0 Å². The maximum absolute atomic E-state index is 6.07. The number of hydrogen-bond acceptors (Lipinski definition) is 1. The highest BCUT2D eigenvalue weighted by molar-refractivity contribution is 6.30. The van der Waals surface area contributed by atoms with E-state index in [0.29, 0.717) is 6.04 Å². The number of benzene rings is 2. The molecule has 0 saturated heterocycles. The molecule has 0 bridgehead atoms. The van der Waals surface area contributed by atoms with Gasteiger partial charge in [0.25, 0.3) is 0 Å². The molecule has 0 fully saturated rings. The highest BCUT2D eigenvalue weighted by Crippen LogP contribution is 2.27. The number of fused-ring (bicyclic) bond motifs is 1. The summed E-state index contributed by atoms with van der Waals surface area (Å²) in [6, 6.07) is 15.5. The van der Waals surface area contributed by atoms with Crippen LogP contribution in [0.3, 0.4) is 0 Å². The summed E-state index contributed by atoms with van der Waals surface area (Å²) in [4.78, 5) is 0. The molecule has 1 unspecified atom stereocenters. The van der Waals surface area contributed by atoms with E-state index in [-0.39, 0.29) is 0 Å². The first-order chi connectivity index (χ1) is 9.76. The van der Waals surface area contributed by atoms with Gasteiger partial charge in [-0.3, -0.25) is 0 Å². The fourth-order valence-electron chi connectivity index (χ4n) is 3.09. The van der Waals surface area contributed by atoms with Crippen LogP contribution in [-0.4, -0.2) is 7.05 Å². The Hall–Kier alpha value is -1.31. The Labute approximate surface area is 126 Å². The number of rotatable bonds is 4. The number of aryl methyl sites for hydroxylation is 2. The summed E-state index contributed by atoms with van der Waals surface area (Å²) in [5.74, 6) is 0. The van der Waals surface area contributed by atoms with Gasteiger partial charge in [-0.25, -0.2) is 0 Å². The first-order valence-corrected chi connectivity index (χ1v) is 7.67. The Morgan fingerprint density at radius 1 is 1.10 bits per heavy atom. The molecule has 1 atom stereocenters. The van der Waals surface area contributed by atoms with Crippen molar-refractivity contribution in [2.24, 2.45) is 0 Å². The Morgan fingerprint density at radius 3 is 2.75 bits per heavy atom. The lowest BCUT2D eigenvalue weighted by molar-refractivity contribution is 0.591. The predicted octanol–water partition coefficient (Wildman–Crippen LogP) is 4.33. The standard InChI is InChI=1S/C18H20ClN/c1-20-18(11-13-4-2-7-17(19)10-13)16-9-8-14-5-3-6-15(14)12-16/h2,4,7-10,12,18,20H,3,5-6,11H2,1H3. The molecule has 2 aromatic carbocycles. The lowest BCUT2D eigenvalue weighted by atomic mass is 9.96. The molecule has 0 amide bonds. The molecule has 1 aliphatic rings. The van der Waals surface area contributed by atoms with E-state index in [1.807, 2.05) is 19.2 Å². The van der Waals surface area contributed by atoms with Gasteiger partial charge in [-0.15, -0.1) is 0 Å². The van der Waals surface area contributed by atoms with Gasteiger partial charge in [-0.2, -0.15) is 0 Å². The molecular weight excluding hydrogens is 266 g/mol. The molecule has 0 aliphatic heterocycles. The molecule has 0 radical (unpaired) electrons. The lowest BCUT2D eigenvalue weighted by Crippen LogP contribution is -2.19. The maximum Gasteiger partial charge on any atom is 0.0408 e. The van der Waals surface area contributed by atoms with E-state index in [1.165, 1.54) is 41.5 Å². The predicted molar refractivity (Wildman–Crippen MR) is 85.4 cm³/mol. The SMILES string of the molecule is CNC(Cc1cccc(Cl)c1)c1ccc2c(c1)CCC2. The van der Waals surface area contributed by atoms with Crippen LogP contribution in [0.25, 0.3) is 0 Å². The zero-order chi connectivity index (χ0) is 13.9. The van der Waals surface area contributed by atoms with E-state index < -0.39 is 0 Å². The zero-order valence-electron chi connectivity index (χ0n) is 11.8. The van der Waals surface area contributed by atoms with E-state index in [2.05, 4.69) is 35.6 Å². The van der Waals surface area contributed by atoms with E-state index in [4.69, 9.17) is 11.6 Å². The van der Waals surface area contributed by atoms with Gasteiger partial charge in [-0.1, -0.05) is 41.9 Å². The monoisotopic (exact) mass is 285 g/mol. The first-order valence-electron chi connectivity index (χ1n) is 7.29. The van der Waals surface area contributed by atoms with Gasteiger partial charge in [-0.05, 0) is 67.1 Å². The molecular formula is C18H20ClN. The first kappa shape index (κ1) is 13.7. The number of halogens is 1. The minimum atomic E-state index is 0.347. The van der Waals surface area contributed by atoms with Crippen LogP contribution in [0.5, 0.6) is 0 Å². The summed E-state index contributed by atoms with van der Waals surface area (Å²) in [7, 11) is 2.03. The quantitative estimate of drug-likeness (QED) is 0.881. The van der Waals surface area contributed by atoms with E-state index in [1.54, 1.807) is 0 Å². The van der Waals surface area contributed by atoms with Crippen molar-refractivity contribution in [3.63, 3.8) is 0 Å². The van der Waals surface area contributed by atoms with Gasteiger partial charge in [0, 0.05) is 11.1 Å². The molecule has 2 aromatic rings. The summed E-state index contributed by atoms with van der Waals surface area (Å²) < 4.78 is 0. The van der Waals surface area contributed by atoms with Gasteiger partial charge < -0.3 is 5.32 Å².